The molecule has 0 saturated carbocycles. The molecule has 5 rings (SSSR count). The smallest absolute Gasteiger partial charge is 0.335 e. The Morgan fingerprint density at radius 1 is 1.17 bits per heavy atom. The highest BCUT2D eigenvalue weighted by Crippen LogP contribution is 2.57. The lowest BCUT2D eigenvalue weighted by Crippen LogP contribution is -2.63. The fourth-order valence-electron chi connectivity index (χ4n) is 6.14. The van der Waals surface area contributed by atoms with E-state index >= 15 is 0 Å². The number of carbonyl (C=O) groups is 2. The summed E-state index contributed by atoms with van der Waals surface area (Å²) in [5, 5.41) is 9.37. The second-order valence-electron chi connectivity index (χ2n) is 10.5. The topological polar surface area (TPSA) is 85.3 Å². The van der Waals surface area contributed by atoms with Crippen molar-refractivity contribution in [1.29, 1.82) is 0 Å². The van der Waals surface area contributed by atoms with Crippen LogP contribution in [0, 0.1) is 11.3 Å². The molecule has 0 radical (unpaired) electrons. The van der Waals surface area contributed by atoms with Crippen molar-refractivity contribution in [3.05, 3.63) is 65.2 Å². The molecular weight excluding hydrogens is 446 g/mol. The SMILES string of the molecule is CCOC(=O)[C@@]12C[C@@H]3[C@@H](O[C@@H]1CCN(Cc1cccc(C(=O)O)c1)C2)c1ccccc1OC3(C)C. The van der Waals surface area contributed by atoms with Gasteiger partial charge < -0.3 is 19.3 Å². The van der Waals surface area contributed by atoms with Gasteiger partial charge >= 0.3 is 11.9 Å². The van der Waals surface area contributed by atoms with Crippen molar-refractivity contribution in [2.75, 3.05) is 19.7 Å². The van der Waals surface area contributed by atoms with Crippen molar-refractivity contribution < 1.29 is 28.9 Å². The number of esters is 1. The van der Waals surface area contributed by atoms with Gasteiger partial charge in [0, 0.05) is 31.1 Å². The van der Waals surface area contributed by atoms with Crippen LogP contribution in [0.4, 0.5) is 0 Å². The molecule has 3 aliphatic heterocycles. The van der Waals surface area contributed by atoms with Crippen molar-refractivity contribution in [3.8, 4) is 5.75 Å². The molecule has 2 saturated heterocycles. The molecule has 0 unspecified atom stereocenters. The van der Waals surface area contributed by atoms with Gasteiger partial charge in [-0.1, -0.05) is 30.3 Å². The van der Waals surface area contributed by atoms with Gasteiger partial charge in [-0.3, -0.25) is 9.69 Å². The molecule has 35 heavy (non-hydrogen) atoms. The van der Waals surface area contributed by atoms with E-state index in [1.54, 1.807) is 18.2 Å². The van der Waals surface area contributed by atoms with Gasteiger partial charge in [0.1, 0.15) is 16.8 Å². The summed E-state index contributed by atoms with van der Waals surface area (Å²) in [4.78, 5) is 27.2. The van der Waals surface area contributed by atoms with Crippen molar-refractivity contribution in [1.82, 2.24) is 4.90 Å². The van der Waals surface area contributed by atoms with Crippen LogP contribution in [0.3, 0.4) is 0 Å². The van der Waals surface area contributed by atoms with E-state index in [1.165, 1.54) is 0 Å². The minimum Gasteiger partial charge on any atom is -0.487 e. The molecular formula is C28H33NO6. The lowest BCUT2D eigenvalue weighted by atomic mass is 9.63. The number of carboxylic acid groups (broad SMARTS) is 1. The third kappa shape index (κ3) is 4.21. The fourth-order valence-corrected chi connectivity index (χ4v) is 6.14. The minimum absolute atomic E-state index is 0.0201. The molecule has 0 aromatic heterocycles. The van der Waals surface area contributed by atoms with E-state index in [4.69, 9.17) is 14.2 Å². The Kier molecular flexibility index (Phi) is 6.09. The van der Waals surface area contributed by atoms with E-state index in [-0.39, 0.29) is 29.7 Å². The van der Waals surface area contributed by atoms with E-state index in [9.17, 15) is 14.7 Å². The number of nitrogens with zero attached hydrogens (tertiary/aromatic N) is 1. The molecule has 4 atom stereocenters. The maximum absolute atomic E-state index is 13.6. The molecule has 0 aliphatic carbocycles. The molecule has 7 heteroatoms. The molecule has 2 fully saturated rings. The van der Waals surface area contributed by atoms with Crippen LogP contribution in [0.15, 0.2) is 48.5 Å². The van der Waals surface area contributed by atoms with Crippen LogP contribution in [-0.4, -0.2) is 53.3 Å². The number of aromatic carboxylic acids is 1. The molecule has 0 bridgehead atoms. The number of rotatable bonds is 5. The largest absolute Gasteiger partial charge is 0.487 e. The van der Waals surface area contributed by atoms with Gasteiger partial charge in [0.15, 0.2) is 0 Å². The third-order valence-electron chi connectivity index (χ3n) is 7.84. The highest BCUT2D eigenvalue weighted by atomic mass is 16.5. The zero-order valence-electron chi connectivity index (χ0n) is 20.5. The Bertz CT molecular complexity index is 1130. The number of piperidine rings is 1. The maximum atomic E-state index is 13.6. The monoisotopic (exact) mass is 479 g/mol. The lowest BCUT2D eigenvalue weighted by Gasteiger charge is -2.57. The summed E-state index contributed by atoms with van der Waals surface area (Å²) < 4.78 is 18.8. The number of benzene rings is 2. The number of para-hydroxylation sites is 1. The number of likely N-dealkylation sites (tertiary alicyclic amines) is 1. The van der Waals surface area contributed by atoms with E-state index < -0.39 is 17.0 Å². The molecule has 2 aromatic carbocycles. The fraction of sp³-hybridized carbons (Fsp3) is 0.500. The summed E-state index contributed by atoms with van der Waals surface area (Å²) >= 11 is 0. The summed E-state index contributed by atoms with van der Waals surface area (Å²) in [5.74, 6) is -0.339. The van der Waals surface area contributed by atoms with E-state index in [0.29, 0.717) is 32.5 Å². The number of carboxylic acids is 1. The molecule has 0 spiro atoms. The van der Waals surface area contributed by atoms with Crippen LogP contribution in [0.25, 0.3) is 0 Å². The Morgan fingerprint density at radius 3 is 2.74 bits per heavy atom. The first-order valence-electron chi connectivity index (χ1n) is 12.4. The first-order chi connectivity index (χ1) is 16.7. The summed E-state index contributed by atoms with van der Waals surface area (Å²) in [6, 6.07) is 15.0. The maximum Gasteiger partial charge on any atom is 0.335 e. The standard InChI is InChI=1S/C28H33NO6/c1-4-33-26(32)28-15-21-24(20-10-5-6-11-22(20)35-27(21,2)3)34-23(28)12-13-29(17-28)16-18-8-7-9-19(14-18)25(30)31/h5-11,14,21,23-24H,4,12-13,15-17H2,1-3H3,(H,30,31)/t21-,23-,24+,28-/m1/s1. The summed E-state index contributed by atoms with van der Waals surface area (Å²) in [5.41, 5.74) is 0.893. The third-order valence-corrected chi connectivity index (χ3v) is 7.84. The number of carbonyl (C=O) groups excluding carboxylic acids is 1. The zero-order valence-corrected chi connectivity index (χ0v) is 20.5. The molecule has 3 aliphatic rings. The Labute approximate surface area is 206 Å². The minimum atomic E-state index is -0.944. The predicted octanol–water partition coefficient (Wildman–Crippen LogP) is 4.46. The zero-order chi connectivity index (χ0) is 24.8. The highest BCUT2D eigenvalue weighted by molar-refractivity contribution is 5.87. The van der Waals surface area contributed by atoms with Gasteiger partial charge in [0.05, 0.1) is 24.4 Å². The van der Waals surface area contributed by atoms with E-state index in [0.717, 1.165) is 23.4 Å². The molecule has 3 heterocycles. The number of hydrogen-bond acceptors (Lipinski definition) is 6. The summed E-state index contributed by atoms with van der Waals surface area (Å²) in [6.45, 7) is 8.09. The first kappa shape index (κ1) is 23.8. The van der Waals surface area contributed by atoms with Crippen molar-refractivity contribution in [2.45, 2.75) is 58.0 Å². The van der Waals surface area contributed by atoms with Crippen LogP contribution in [0.2, 0.25) is 0 Å². The lowest BCUT2D eigenvalue weighted by molar-refractivity contribution is -0.232. The van der Waals surface area contributed by atoms with Gasteiger partial charge in [-0.05, 0) is 57.4 Å². The Balaban J connectivity index is 1.46. The second-order valence-corrected chi connectivity index (χ2v) is 10.5. The molecule has 0 amide bonds. The van der Waals surface area contributed by atoms with Crippen LogP contribution in [0.1, 0.15) is 61.2 Å². The van der Waals surface area contributed by atoms with Crippen LogP contribution in [-0.2, 0) is 20.8 Å². The average Bonchev–Trinajstić information content (AvgIpc) is 2.83. The first-order valence-corrected chi connectivity index (χ1v) is 12.4. The quantitative estimate of drug-likeness (QED) is 0.634. The van der Waals surface area contributed by atoms with E-state index in [2.05, 4.69) is 24.8 Å². The van der Waals surface area contributed by atoms with Crippen molar-refractivity contribution in [3.63, 3.8) is 0 Å². The average molecular weight is 480 g/mol. The van der Waals surface area contributed by atoms with Crippen molar-refractivity contribution in [2.24, 2.45) is 11.3 Å². The normalized spacial score (nSPS) is 29.2. The van der Waals surface area contributed by atoms with Gasteiger partial charge in [0.25, 0.3) is 0 Å². The summed E-state index contributed by atoms with van der Waals surface area (Å²) in [6.07, 6.45) is 0.908. The number of fused-ring (bicyclic) bond motifs is 4. The van der Waals surface area contributed by atoms with Gasteiger partial charge in [-0.25, -0.2) is 4.79 Å². The summed E-state index contributed by atoms with van der Waals surface area (Å²) in [7, 11) is 0. The van der Waals surface area contributed by atoms with Crippen molar-refractivity contribution >= 4 is 11.9 Å². The van der Waals surface area contributed by atoms with Crippen LogP contribution < -0.4 is 4.74 Å². The number of ether oxygens (including phenoxy) is 3. The second kappa shape index (κ2) is 8.95. The van der Waals surface area contributed by atoms with Gasteiger partial charge in [-0.2, -0.15) is 0 Å². The Hall–Kier alpha value is -2.90. The molecule has 1 N–H and O–H groups in total. The molecule has 7 nitrogen and oxygen atoms in total. The number of hydrogen-bond donors (Lipinski definition) is 1. The predicted molar refractivity (Wildman–Crippen MR) is 129 cm³/mol. The van der Waals surface area contributed by atoms with Gasteiger partial charge in [0.2, 0.25) is 0 Å². The van der Waals surface area contributed by atoms with Gasteiger partial charge in [-0.15, -0.1) is 0 Å². The highest BCUT2D eigenvalue weighted by Gasteiger charge is 2.61. The van der Waals surface area contributed by atoms with E-state index in [1.807, 2.05) is 31.2 Å². The molecule has 186 valence electrons. The van der Waals surface area contributed by atoms with Crippen LogP contribution >= 0.6 is 0 Å². The molecule has 2 aromatic rings. The van der Waals surface area contributed by atoms with Crippen LogP contribution in [0.5, 0.6) is 5.75 Å². The Morgan fingerprint density at radius 2 is 1.97 bits per heavy atom.